The lowest BCUT2D eigenvalue weighted by Crippen LogP contribution is -1.98. The van der Waals surface area contributed by atoms with Gasteiger partial charge in [0.15, 0.2) is 0 Å². The van der Waals surface area contributed by atoms with Crippen LogP contribution in [0.4, 0.5) is 5.69 Å². The average Bonchev–Trinajstić information content (AvgIpc) is 3.06. The highest BCUT2D eigenvalue weighted by molar-refractivity contribution is 5.53. The van der Waals surface area contributed by atoms with Crippen LogP contribution in [-0.4, -0.2) is 16.9 Å². The van der Waals surface area contributed by atoms with Crippen molar-refractivity contribution in [1.82, 2.24) is 9.78 Å². The molecule has 1 aromatic carbocycles. The second-order valence-corrected chi connectivity index (χ2v) is 4.42. The molecule has 1 aliphatic rings. The molecule has 2 aromatic rings. The Hall–Kier alpha value is -1.97. The van der Waals surface area contributed by atoms with Crippen molar-refractivity contribution in [3.63, 3.8) is 0 Å². The normalized spacial score (nSPS) is 14.9. The minimum Gasteiger partial charge on any atom is -0.497 e. The summed E-state index contributed by atoms with van der Waals surface area (Å²) in [7, 11) is 1.64. The van der Waals surface area contributed by atoms with Crippen LogP contribution in [0.3, 0.4) is 0 Å². The van der Waals surface area contributed by atoms with Crippen molar-refractivity contribution in [2.24, 2.45) is 0 Å². The predicted molar refractivity (Wildman–Crippen MR) is 66.5 cm³/mol. The lowest BCUT2D eigenvalue weighted by atomic mass is 10.2. The van der Waals surface area contributed by atoms with E-state index in [1.54, 1.807) is 13.2 Å². The Morgan fingerprint density at radius 1 is 1.35 bits per heavy atom. The maximum atomic E-state index is 5.83. The monoisotopic (exact) mass is 229 g/mol. The molecule has 4 nitrogen and oxygen atoms in total. The first kappa shape index (κ1) is 10.2. The lowest BCUT2D eigenvalue weighted by Gasteiger charge is -2.06. The Labute approximate surface area is 100 Å². The van der Waals surface area contributed by atoms with E-state index in [-0.39, 0.29) is 0 Å². The molecule has 1 heterocycles. The molecule has 0 radical (unpaired) electrons. The highest BCUT2D eigenvalue weighted by Crippen LogP contribution is 2.39. The van der Waals surface area contributed by atoms with E-state index < -0.39 is 0 Å². The maximum Gasteiger partial charge on any atom is 0.123 e. The Bertz CT molecular complexity index is 543. The number of ether oxygens (including phenoxy) is 1. The summed E-state index contributed by atoms with van der Waals surface area (Å²) in [5.41, 5.74) is 8.62. The molecule has 17 heavy (non-hydrogen) atoms. The third-order valence-corrected chi connectivity index (χ3v) is 3.02. The standard InChI is InChI=1S/C13H15N3O/c1-17-12-7-10(14)6-11(8-12)16-5-4-13(15-16)9-2-3-9/h4-9H,2-3,14H2,1H3. The van der Waals surface area contributed by atoms with E-state index in [4.69, 9.17) is 10.5 Å². The number of anilines is 1. The van der Waals surface area contributed by atoms with Crippen LogP contribution in [0.15, 0.2) is 30.5 Å². The second kappa shape index (κ2) is 3.80. The molecule has 4 heteroatoms. The van der Waals surface area contributed by atoms with Gasteiger partial charge in [-0.25, -0.2) is 4.68 Å². The second-order valence-electron chi connectivity index (χ2n) is 4.42. The van der Waals surface area contributed by atoms with Gasteiger partial charge < -0.3 is 10.5 Å². The number of rotatable bonds is 3. The molecular formula is C13H15N3O. The molecule has 2 N–H and O–H groups in total. The highest BCUT2D eigenvalue weighted by atomic mass is 16.5. The van der Waals surface area contributed by atoms with Crippen molar-refractivity contribution in [2.75, 3.05) is 12.8 Å². The van der Waals surface area contributed by atoms with E-state index in [0.29, 0.717) is 11.6 Å². The summed E-state index contributed by atoms with van der Waals surface area (Å²) in [5, 5.41) is 4.56. The molecule has 1 aliphatic carbocycles. The first-order chi connectivity index (χ1) is 8.26. The fraction of sp³-hybridized carbons (Fsp3) is 0.308. The van der Waals surface area contributed by atoms with Crippen LogP contribution in [0.1, 0.15) is 24.5 Å². The van der Waals surface area contributed by atoms with Gasteiger partial charge >= 0.3 is 0 Å². The molecule has 0 aliphatic heterocycles. The minimum atomic E-state index is 0.666. The number of hydrogen-bond acceptors (Lipinski definition) is 3. The first-order valence-electron chi connectivity index (χ1n) is 5.77. The summed E-state index contributed by atoms with van der Waals surface area (Å²) in [5.74, 6) is 1.42. The number of methoxy groups -OCH3 is 1. The number of nitrogens with two attached hydrogens (primary N) is 1. The summed E-state index contributed by atoms with van der Waals surface area (Å²) in [6, 6.07) is 7.70. The molecule has 3 rings (SSSR count). The number of nitrogen functional groups attached to an aromatic ring is 1. The number of benzene rings is 1. The largest absolute Gasteiger partial charge is 0.497 e. The molecular weight excluding hydrogens is 214 g/mol. The van der Waals surface area contributed by atoms with Crippen LogP contribution < -0.4 is 10.5 Å². The number of nitrogens with zero attached hydrogens (tertiary/aromatic N) is 2. The van der Waals surface area contributed by atoms with Crippen LogP contribution in [0.5, 0.6) is 5.75 Å². The highest BCUT2D eigenvalue weighted by Gasteiger charge is 2.25. The van der Waals surface area contributed by atoms with Gasteiger partial charge in [-0.05, 0) is 25.0 Å². The fourth-order valence-corrected chi connectivity index (χ4v) is 1.93. The van der Waals surface area contributed by atoms with E-state index >= 15 is 0 Å². The van der Waals surface area contributed by atoms with Gasteiger partial charge in [0.05, 0.1) is 18.5 Å². The van der Waals surface area contributed by atoms with Gasteiger partial charge in [-0.1, -0.05) is 0 Å². The van der Waals surface area contributed by atoms with Crippen LogP contribution in [0.2, 0.25) is 0 Å². The van der Waals surface area contributed by atoms with E-state index in [1.165, 1.54) is 18.5 Å². The Balaban J connectivity index is 1.98. The quantitative estimate of drug-likeness (QED) is 0.822. The number of aromatic nitrogens is 2. The van der Waals surface area contributed by atoms with Crippen LogP contribution in [0.25, 0.3) is 5.69 Å². The SMILES string of the molecule is COc1cc(N)cc(-n2ccc(C3CC3)n2)c1. The van der Waals surface area contributed by atoms with Crippen LogP contribution in [-0.2, 0) is 0 Å². The van der Waals surface area contributed by atoms with E-state index in [9.17, 15) is 0 Å². The lowest BCUT2D eigenvalue weighted by molar-refractivity contribution is 0.414. The molecule has 0 unspecified atom stereocenters. The summed E-state index contributed by atoms with van der Waals surface area (Å²) in [6.07, 6.45) is 4.50. The van der Waals surface area contributed by atoms with Crippen LogP contribution in [0, 0.1) is 0 Å². The smallest absolute Gasteiger partial charge is 0.123 e. The van der Waals surface area contributed by atoms with Gasteiger partial charge in [0.1, 0.15) is 5.75 Å². The van der Waals surface area contributed by atoms with E-state index in [0.717, 1.165) is 11.4 Å². The van der Waals surface area contributed by atoms with Gasteiger partial charge in [0.25, 0.3) is 0 Å². The average molecular weight is 229 g/mol. The summed E-state index contributed by atoms with van der Waals surface area (Å²) >= 11 is 0. The van der Waals surface area contributed by atoms with Crippen molar-refractivity contribution < 1.29 is 4.74 Å². The Morgan fingerprint density at radius 2 is 2.18 bits per heavy atom. The molecule has 1 saturated carbocycles. The van der Waals surface area contributed by atoms with Gasteiger partial charge in [0, 0.05) is 29.9 Å². The summed E-state index contributed by atoms with van der Waals surface area (Å²) < 4.78 is 7.06. The number of hydrogen-bond donors (Lipinski definition) is 1. The zero-order valence-corrected chi connectivity index (χ0v) is 9.76. The zero-order chi connectivity index (χ0) is 11.8. The van der Waals surface area contributed by atoms with Crippen molar-refractivity contribution in [2.45, 2.75) is 18.8 Å². The maximum absolute atomic E-state index is 5.83. The van der Waals surface area contributed by atoms with Gasteiger partial charge in [-0.15, -0.1) is 0 Å². The molecule has 1 aromatic heterocycles. The molecule has 0 spiro atoms. The Kier molecular flexibility index (Phi) is 2.28. The van der Waals surface area contributed by atoms with Gasteiger partial charge in [-0.2, -0.15) is 5.10 Å². The molecule has 88 valence electrons. The molecule has 1 fully saturated rings. The van der Waals surface area contributed by atoms with Gasteiger partial charge in [-0.3, -0.25) is 0 Å². The third kappa shape index (κ3) is 1.98. The van der Waals surface area contributed by atoms with E-state index in [1.807, 2.05) is 23.0 Å². The summed E-state index contributed by atoms with van der Waals surface area (Å²) in [4.78, 5) is 0. The Morgan fingerprint density at radius 3 is 2.88 bits per heavy atom. The van der Waals surface area contributed by atoms with Crippen molar-refractivity contribution in [3.8, 4) is 11.4 Å². The van der Waals surface area contributed by atoms with Gasteiger partial charge in [0.2, 0.25) is 0 Å². The zero-order valence-electron chi connectivity index (χ0n) is 9.76. The van der Waals surface area contributed by atoms with Crippen molar-refractivity contribution in [3.05, 3.63) is 36.2 Å². The van der Waals surface area contributed by atoms with Crippen LogP contribution >= 0.6 is 0 Å². The molecule has 0 amide bonds. The summed E-state index contributed by atoms with van der Waals surface area (Å²) in [6.45, 7) is 0. The first-order valence-corrected chi connectivity index (χ1v) is 5.77. The molecule has 0 bridgehead atoms. The van der Waals surface area contributed by atoms with Crippen molar-refractivity contribution in [1.29, 1.82) is 0 Å². The molecule has 0 atom stereocenters. The van der Waals surface area contributed by atoms with E-state index in [2.05, 4.69) is 11.2 Å². The predicted octanol–water partition coefficient (Wildman–Crippen LogP) is 2.34. The van der Waals surface area contributed by atoms with Crippen molar-refractivity contribution >= 4 is 5.69 Å². The fourth-order valence-electron chi connectivity index (χ4n) is 1.93. The third-order valence-electron chi connectivity index (χ3n) is 3.02. The minimum absolute atomic E-state index is 0.666. The topological polar surface area (TPSA) is 53.1 Å². The molecule has 0 saturated heterocycles.